The molecule has 9 nitrogen and oxygen atoms in total. The van der Waals surface area contributed by atoms with E-state index in [0.717, 1.165) is 10.7 Å². The molecule has 0 aliphatic heterocycles. The predicted octanol–water partition coefficient (Wildman–Crippen LogP) is 6.09. The van der Waals surface area contributed by atoms with Crippen LogP contribution in [-0.2, 0) is 23.7 Å². The van der Waals surface area contributed by atoms with Gasteiger partial charge in [0, 0.05) is 23.7 Å². The fourth-order valence-electron chi connectivity index (χ4n) is 4.09. The largest absolute Gasteiger partial charge is 0.436 e. The average Bonchev–Trinajstić information content (AvgIpc) is 3.51. The number of halogens is 7. The van der Waals surface area contributed by atoms with E-state index in [9.17, 15) is 35.9 Å². The molecule has 17 heteroatoms. The molecule has 214 valence electrons. The van der Waals surface area contributed by atoms with Crippen molar-refractivity contribution in [3.63, 3.8) is 0 Å². The Morgan fingerprint density at radius 3 is 2.27 bits per heavy atom. The van der Waals surface area contributed by atoms with Crippen molar-refractivity contribution < 1.29 is 35.9 Å². The highest BCUT2D eigenvalue weighted by molar-refractivity contribution is 9.10. The van der Waals surface area contributed by atoms with Crippen LogP contribution in [0.3, 0.4) is 0 Å². The van der Waals surface area contributed by atoms with Gasteiger partial charge in [0.25, 0.3) is 5.91 Å². The van der Waals surface area contributed by atoms with E-state index >= 15 is 0 Å². The normalized spacial score (nSPS) is 13.2. The number of primary amides is 1. The number of amides is 2. The second-order valence-corrected chi connectivity index (χ2v) is 10.5. The van der Waals surface area contributed by atoms with Crippen LogP contribution in [0.4, 0.5) is 32.0 Å². The Morgan fingerprint density at radius 1 is 1.12 bits per heavy atom. The van der Waals surface area contributed by atoms with E-state index in [1.165, 1.54) is 24.7 Å². The minimum absolute atomic E-state index is 0.0000515. The van der Waals surface area contributed by atoms with Crippen molar-refractivity contribution in [3.05, 3.63) is 44.4 Å². The van der Waals surface area contributed by atoms with Gasteiger partial charge in [0.05, 0.1) is 21.5 Å². The topological polar surface area (TPSA) is 121 Å². The van der Waals surface area contributed by atoms with E-state index in [1.54, 1.807) is 13.8 Å². The molecule has 0 bridgehead atoms. The highest BCUT2D eigenvalue weighted by atomic mass is 79.9. The Bertz CT molecular complexity index is 1650. The molecule has 4 aromatic rings. The number of anilines is 1. The Labute approximate surface area is 234 Å². The average molecular weight is 652 g/mol. The molecule has 1 unspecified atom stereocenters. The standard InChI is InChI=1S/C23H20BrF6N7O2S/c1-5-36-7-12(8(2)34-36)11-6-13(22(25,26)27)32-21-14(11)16(17(40-21)19(31)38)33-20(39)10(4)37-9(3)15(24)18(35-37)23(28,29)30/h6-7,10H,5H2,1-4H3,(H2,31,38)(H,33,39). The van der Waals surface area contributed by atoms with Crippen LogP contribution in [0.25, 0.3) is 21.3 Å². The Morgan fingerprint density at radius 2 is 1.77 bits per heavy atom. The fourth-order valence-corrected chi connectivity index (χ4v) is 5.58. The molecular formula is C23H20BrF6N7O2S. The first-order chi connectivity index (χ1) is 18.4. The zero-order valence-corrected chi connectivity index (χ0v) is 23.5. The van der Waals surface area contributed by atoms with Gasteiger partial charge in [-0.25, -0.2) is 4.98 Å². The number of rotatable bonds is 6. The fraction of sp³-hybridized carbons (Fsp3) is 0.348. The molecule has 0 saturated heterocycles. The van der Waals surface area contributed by atoms with Crippen molar-refractivity contribution in [3.8, 4) is 11.1 Å². The minimum Gasteiger partial charge on any atom is -0.365 e. The predicted molar refractivity (Wildman–Crippen MR) is 138 cm³/mol. The van der Waals surface area contributed by atoms with E-state index in [1.807, 2.05) is 0 Å². The number of fused-ring (bicyclic) bond motifs is 1. The number of aromatic nitrogens is 5. The van der Waals surface area contributed by atoms with Gasteiger partial charge in [-0.15, -0.1) is 11.3 Å². The van der Waals surface area contributed by atoms with Gasteiger partial charge in [0.1, 0.15) is 21.4 Å². The molecule has 1 atom stereocenters. The number of nitrogens with one attached hydrogen (secondary N) is 1. The van der Waals surface area contributed by atoms with Gasteiger partial charge in [0.15, 0.2) is 5.69 Å². The smallest absolute Gasteiger partial charge is 0.365 e. The summed E-state index contributed by atoms with van der Waals surface area (Å²) in [6, 6.07) is -0.550. The molecular weight excluding hydrogens is 632 g/mol. The quantitative estimate of drug-likeness (QED) is 0.244. The third-order valence-corrected chi connectivity index (χ3v) is 8.12. The van der Waals surface area contributed by atoms with Crippen LogP contribution in [-0.4, -0.2) is 36.4 Å². The number of nitrogens with two attached hydrogens (primary N) is 1. The summed E-state index contributed by atoms with van der Waals surface area (Å²) >= 11 is 3.39. The number of thiophene rings is 1. The van der Waals surface area contributed by atoms with Crippen molar-refractivity contribution >= 4 is 55.0 Å². The number of nitrogens with zero attached hydrogens (tertiary/aromatic N) is 5. The minimum atomic E-state index is -4.84. The first-order valence-corrected chi connectivity index (χ1v) is 13.1. The number of carbonyl (C=O) groups is 2. The summed E-state index contributed by atoms with van der Waals surface area (Å²) in [6.45, 7) is 6.37. The number of hydrogen-bond acceptors (Lipinski definition) is 6. The van der Waals surface area contributed by atoms with Crippen LogP contribution in [0.2, 0.25) is 0 Å². The van der Waals surface area contributed by atoms with Crippen LogP contribution in [0.1, 0.15) is 52.3 Å². The summed E-state index contributed by atoms with van der Waals surface area (Å²) in [5, 5.41) is 10.3. The van der Waals surface area contributed by atoms with Crippen LogP contribution in [0.15, 0.2) is 16.7 Å². The lowest BCUT2D eigenvalue weighted by atomic mass is 10.0. The van der Waals surface area contributed by atoms with Crippen molar-refractivity contribution in [2.24, 2.45) is 5.73 Å². The molecule has 3 N–H and O–H groups in total. The number of carbonyl (C=O) groups excluding carboxylic acids is 2. The van der Waals surface area contributed by atoms with Gasteiger partial charge in [-0.1, -0.05) is 0 Å². The number of pyridine rings is 1. The summed E-state index contributed by atoms with van der Waals surface area (Å²) in [6.07, 6.45) is -8.12. The monoisotopic (exact) mass is 651 g/mol. The van der Waals surface area contributed by atoms with Crippen LogP contribution in [0, 0.1) is 13.8 Å². The van der Waals surface area contributed by atoms with E-state index in [4.69, 9.17) is 5.73 Å². The SMILES string of the molecule is CCn1cc(-c2cc(C(F)(F)F)nc3sc(C(N)=O)c(NC(=O)C(C)n4nc(C(F)(F)F)c(Br)c4C)c23)c(C)n1. The van der Waals surface area contributed by atoms with Gasteiger partial charge in [-0.05, 0) is 55.3 Å². The molecule has 4 aromatic heterocycles. The summed E-state index contributed by atoms with van der Waals surface area (Å²) in [4.78, 5) is 28.8. The van der Waals surface area contributed by atoms with Gasteiger partial charge in [-0.3, -0.25) is 19.0 Å². The van der Waals surface area contributed by atoms with E-state index in [-0.39, 0.29) is 36.5 Å². The Balaban J connectivity index is 1.91. The second-order valence-electron chi connectivity index (χ2n) is 8.74. The molecule has 0 fully saturated rings. The molecule has 0 saturated carbocycles. The number of alkyl halides is 6. The molecule has 0 radical (unpaired) electrons. The highest BCUT2D eigenvalue weighted by Crippen LogP contribution is 2.44. The highest BCUT2D eigenvalue weighted by Gasteiger charge is 2.39. The summed E-state index contributed by atoms with van der Waals surface area (Å²) in [5.74, 6) is -1.95. The lowest BCUT2D eigenvalue weighted by molar-refractivity contribution is -0.142. The first-order valence-electron chi connectivity index (χ1n) is 11.5. The van der Waals surface area contributed by atoms with Crippen molar-refractivity contribution in [2.45, 2.75) is 52.6 Å². The summed E-state index contributed by atoms with van der Waals surface area (Å²) in [5.41, 5.74) is 3.46. The molecule has 40 heavy (non-hydrogen) atoms. The van der Waals surface area contributed by atoms with Crippen LogP contribution < -0.4 is 11.1 Å². The van der Waals surface area contributed by atoms with Crippen molar-refractivity contribution in [1.82, 2.24) is 24.5 Å². The number of aryl methyl sites for hydroxylation is 2. The lowest BCUT2D eigenvalue weighted by Crippen LogP contribution is -2.26. The zero-order valence-electron chi connectivity index (χ0n) is 21.1. The molecule has 0 aliphatic rings. The third kappa shape index (κ3) is 5.18. The van der Waals surface area contributed by atoms with Crippen LogP contribution in [0.5, 0.6) is 0 Å². The van der Waals surface area contributed by atoms with Crippen molar-refractivity contribution in [1.29, 1.82) is 0 Å². The van der Waals surface area contributed by atoms with Gasteiger partial charge >= 0.3 is 12.4 Å². The second kappa shape index (κ2) is 10.2. The molecule has 2 amide bonds. The molecule has 4 rings (SSSR count). The van der Waals surface area contributed by atoms with Gasteiger partial charge < -0.3 is 11.1 Å². The van der Waals surface area contributed by atoms with Gasteiger partial charge in [-0.2, -0.15) is 36.5 Å². The van der Waals surface area contributed by atoms with Gasteiger partial charge in [0.2, 0.25) is 5.91 Å². The van der Waals surface area contributed by atoms with E-state index < -0.39 is 41.6 Å². The van der Waals surface area contributed by atoms with Crippen LogP contribution >= 0.6 is 27.3 Å². The molecule has 0 aliphatic carbocycles. The zero-order chi connectivity index (χ0) is 29.9. The number of hydrogen-bond donors (Lipinski definition) is 2. The maximum absolute atomic E-state index is 13.8. The summed E-state index contributed by atoms with van der Waals surface area (Å²) < 4.78 is 83.4. The Kier molecular flexibility index (Phi) is 7.51. The lowest BCUT2D eigenvalue weighted by Gasteiger charge is -2.16. The first kappa shape index (κ1) is 29.5. The maximum atomic E-state index is 13.8. The Hall–Kier alpha value is -3.47. The van der Waals surface area contributed by atoms with Crippen molar-refractivity contribution in [2.75, 3.05) is 5.32 Å². The maximum Gasteiger partial charge on any atom is 0.436 e. The molecule has 0 spiro atoms. The molecule has 4 heterocycles. The molecule has 0 aromatic carbocycles. The third-order valence-electron chi connectivity index (χ3n) is 6.08. The summed E-state index contributed by atoms with van der Waals surface area (Å²) in [7, 11) is 0. The van der Waals surface area contributed by atoms with E-state index in [0.29, 0.717) is 29.1 Å². The van der Waals surface area contributed by atoms with E-state index in [2.05, 4.69) is 36.4 Å².